The number of rotatable bonds is 5. The van der Waals surface area contributed by atoms with Crippen molar-refractivity contribution in [2.45, 2.75) is 13.0 Å². The van der Waals surface area contributed by atoms with Gasteiger partial charge in [0.2, 0.25) is 0 Å². The van der Waals surface area contributed by atoms with E-state index in [1.54, 1.807) is 30.3 Å². The Kier molecular flexibility index (Phi) is 5.30. The van der Waals surface area contributed by atoms with Crippen LogP contribution in [0.4, 0.5) is 4.39 Å². The molecule has 2 bridgehead atoms. The van der Waals surface area contributed by atoms with Crippen LogP contribution in [0.5, 0.6) is 5.75 Å². The van der Waals surface area contributed by atoms with Crippen molar-refractivity contribution in [2.75, 3.05) is 0 Å². The summed E-state index contributed by atoms with van der Waals surface area (Å²) in [7, 11) is 0. The third-order valence-corrected chi connectivity index (χ3v) is 7.30. The average molecular weight is 548 g/mol. The largest absolute Gasteiger partial charge is 0.486 e. The van der Waals surface area contributed by atoms with Gasteiger partial charge in [-0.15, -0.1) is 0 Å². The van der Waals surface area contributed by atoms with Crippen molar-refractivity contribution in [1.29, 1.82) is 0 Å². The minimum absolute atomic E-state index is 0.0766. The minimum Gasteiger partial charge on any atom is -0.486 e. The molecule has 8 heteroatoms. The molecule has 2 amide bonds. The van der Waals surface area contributed by atoms with Crippen LogP contribution in [0.1, 0.15) is 17.5 Å². The molecule has 1 saturated heterocycles. The van der Waals surface area contributed by atoms with Crippen LogP contribution in [0.3, 0.4) is 0 Å². The van der Waals surface area contributed by atoms with Crippen molar-refractivity contribution >= 4 is 49.9 Å². The molecular formula is C23H17Br2FN2O3. The van der Waals surface area contributed by atoms with Gasteiger partial charge in [-0.2, -0.15) is 10.1 Å². The fourth-order valence-corrected chi connectivity index (χ4v) is 6.13. The first-order valence-corrected chi connectivity index (χ1v) is 11.5. The molecule has 5 rings (SSSR count). The van der Waals surface area contributed by atoms with Gasteiger partial charge >= 0.3 is 0 Å². The van der Waals surface area contributed by atoms with Crippen LogP contribution >= 0.6 is 31.9 Å². The number of benzene rings is 2. The quantitative estimate of drug-likeness (QED) is 0.298. The van der Waals surface area contributed by atoms with E-state index in [2.05, 4.69) is 49.1 Å². The highest BCUT2D eigenvalue weighted by Crippen LogP contribution is 2.52. The van der Waals surface area contributed by atoms with E-state index < -0.39 is 0 Å². The van der Waals surface area contributed by atoms with E-state index in [0.29, 0.717) is 25.8 Å². The number of carbonyl (C=O) groups excluding carboxylic acids is 2. The van der Waals surface area contributed by atoms with Gasteiger partial charge in [0.1, 0.15) is 18.2 Å². The predicted molar refractivity (Wildman–Crippen MR) is 120 cm³/mol. The lowest BCUT2D eigenvalue weighted by Gasteiger charge is -2.13. The first kappa shape index (κ1) is 20.6. The maximum atomic E-state index is 13.8. The van der Waals surface area contributed by atoms with Crippen LogP contribution < -0.4 is 4.74 Å². The molecule has 0 spiro atoms. The van der Waals surface area contributed by atoms with Gasteiger partial charge < -0.3 is 4.74 Å². The molecule has 4 atom stereocenters. The summed E-state index contributed by atoms with van der Waals surface area (Å²) in [4.78, 5) is 25.5. The summed E-state index contributed by atoms with van der Waals surface area (Å²) in [5.74, 6) is -0.476. The Hall–Kier alpha value is -2.32. The molecule has 3 aliphatic rings. The molecule has 5 nitrogen and oxygen atoms in total. The van der Waals surface area contributed by atoms with Crippen molar-refractivity contribution in [3.8, 4) is 5.75 Å². The van der Waals surface area contributed by atoms with Crippen molar-refractivity contribution < 1.29 is 18.7 Å². The zero-order valence-corrected chi connectivity index (χ0v) is 19.3. The van der Waals surface area contributed by atoms with Crippen molar-refractivity contribution in [3.05, 3.63) is 74.4 Å². The van der Waals surface area contributed by atoms with Crippen LogP contribution in [0.2, 0.25) is 0 Å². The lowest BCUT2D eigenvalue weighted by atomic mass is 9.85. The number of carbonyl (C=O) groups is 2. The molecule has 158 valence electrons. The molecule has 2 aromatic carbocycles. The highest BCUT2D eigenvalue weighted by molar-refractivity contribution is 9.11. The second kappa shape index (κ2) is 7.98. The van der Waals surface area contributed by atoms with Crippen LogP contribution in [0, 0.1) is 29.5 Å². The average Bonchev–Trinajstić information content (AvgIpc) is 3.41. The van der Waals surface area contributed by atoms with E-state index in [-0.39, 0.29) is 47.9 Å². The van der Waals surface area contributed by atoms with E-state index in [4.69, 9.17) is 4.74 Å². The molecule has 2 aromatic rings. The summed E-state index contributed by atoms with van der Waals surface area (Å²) < 4.78 is 20.9. The van der Waals surface area contributed by atoms with E-state index in [0.717, 1.165) is 11.4 Å². The number of hydrazone groups is 1. The number of fused-ring (bicyclic) bond motifs is 5. The summed E-state index contributed by atoms with van der Waals surface area (Å²) in [6, 6.07) is 9.97. The van der Waals surface area contributed by atoms with Crippen LogP contribution in [0.15, 0.2) is 62.6 Å². The SMILES string of the molecule is O=C1[C@@H]2[C@H](C(=O)N1N=Cc1cc(Br)c(OCc3ccccc3F)c(Br)c1)[C@H]1C=C[C@H]2C1. The minimum atomic E-state index is -0.327. The predicted octanol–water partition coefficient (Wildman–Crippen LogP) is 5.07. The topological polar surface area (TPSA) is 59.0 Å². The number of imide groups is 1. The second-order valence-corrected chi connectivity index (χ2v) is 9.64. The maximum absolute atomic E-state index is 13.8. The Morgan fingerprint density at radius 1 is 1.06 bits per heavy atom. The van der Waals surface area contributed by atoms with Crippen LogP contribution in [0.25, 0.3) is 0 Å². The van der Waals surface area contributed by atoms with E-state index in [1.165, 1.54) is 12.3 Å². The Balaban J connectivity index is 1.31. The van der Waals surface area contributed by atoms with Gasteiger partial charge in [0.15, 0.2) is 0 Å². The lowest BCUT2D eigenvalue weighted by molar-refractivity contribution is -0.140. The molecular weight excluding hydrogens is 531 g/mol. The fraction of sp³-hybridized carbons (Fsp3) is 0.261. The van der Waals surface area contributed by atoms with Crippen LogP contribution in [-0.2, 0) is 16.2 Å². The maximum Gasteiger partial charge on any atom is 0.254 e. The molecule has 0 aromatic heterocycles. The molecule has 0 unspecified atom stereocenters. The Labute approximate surface area is 195 Å². The third kappa shape index (κ3) is 3.55. The summed E-state index contributed by atoms with van der Waals surface area (Å²) in [6.45, 7) is 0.0766. The zero-order valence-electron chi connectivity index (χ0n) is 16.2. The van der Waals surface area contributed by atoms with Gasteiger partial charge in [0.05, 0.1) is 27.0 Å². The molecule has 1 saturated carbocycles. The molecule has 0 N–H and O–H groups in total. The van der Waals surface area contributed by atoms with Gasteiger partial charge in [0.25, 0.3) is 11.8 Å². The second-order valence-electron chi connectivity index (χ2n) is 7.93. The third-order valence-electron chi connectivity index (χ3n) is 6.12. The first-order chi connectivity index (χ1) is 14.9. The Morgan fingerprint density at radius 3 is 2.29 bits per heavy atom. The lowest BCUT2D eigenvalue weighted by Crippen LogP contribution is -2.28. The summed E-state index contributed by atoms with van der Waals surface area (Å²) in [5, 5.41) is 5.22. The monoisotopic (exact) mass is 546 g/mol. The normalized spacial score (nSPS) is 26.4. The standard InChI is InChI=1S/C23H17Br2FN2O3/c24-16-7-12(8-17(25)21(16)31-11-15-3-1-2-4-18(15)26)10-27-28-22(29)19-13-5-6-14(9-13)20(19)23(28)30/h1-8,10,13-14,19-20H,9,11H2/t13-,14-,19-,20+/m0/s1. The summed E-state index contributed by atoms with van der Waals surface area (Å²) in [6.07, 6.45) is 6.48. The molecule has 31 heavy (non-hydrogen) atoms. The number of amides is 2. The highest BCUT2D eigenvalue weighted by atomic mass is 79.9. The van der Waals surface area contributed by atoms with Gasteiger partial charge in [-0.3, -0.25) is 9.59 Å². The Bertz CT molecular complexity index is 1100. The number of ether oxygens (including phenoxy) is 1. The molecule has 2 aliphatic carbocycles. The van der Waals surface area contributed by atoms with E-state index in [1.807, 2.05) is 0 Å². The smallest absolute Gasteiger partial charge is 0.254 e. The zero-order chi connectivity index (χ0) is 21.7. The van der Waals surface area contributed by atoms with E-state index in [9.17, 15) is 14.0 Å². The summed E-state index contributed by atoms with van der Waals surface area (Å²) >= 11 is 6.93. The number of hydrogen-bond acceptors (Lipinski definition) is 4. The van der Waals surface area contributed by atoms with Gasteiger partial charge in [0, 0.05) is 5.56 Å². The van der Waals surface area contributed by atoms with E-state index >= 15 is 0 Å². The molecule has 0 radical (unpaired) electrons. The van der Waals surface area contributed by atoms with Crippen molar-refractivity contribution in [3.63, 3.8) is 0 Å². The van der Waals surface area contributed by atoms with Crippen LogP contribution in [-0.4, -0.2) is 23.0 Å². The fourth-order valence-electron chi connectivity index (χ4n) is 4.68. The van der Waals surface area contributed by atoms with Crippen molar-refractivity contribution in [1.82, 2.24) is 5.01 Å². The van der Waals surface area contributed by atoms with Gasteiger partial charge in [-0.1, -0.05) is 30.4 Å². The molecule has 2 fully saturated rings. The highest BCUT2D eigenvalue weighted by Gasteiger charge is 2.59. The number of nitrogens with zero attached hydrogens (tertiary/aromatic N) is 2. The first-order valence-electron chi connectivity index (χ1n) is 9.89. The number of halogens is 3. The van der Waals surface area contributed by atoms with Gasteiger partial charge in [-0.25, -0.2) is 4.39 Å². The number of allylic oxidation sites excluding steroid dienone is 2. The summed E-state index contributed by atoms with van der Waals surface area (Å²) in [5.41, 5.74) is 1.13. The molecule has 1 heterocycles. The molecule has 1 aliphatic heterocycles. The van der Waals surface area contributed by atoms with Crippen molar-refractivity contribution in [2.24, 2.45) is 28.8 Å². The Morgan fingerprint density at radius 2 is 1.68 bits per heavy atom. The van der Waals surface area contributed by atoms with Gasteiger partial charge in [-0.05, 0) is 73.9 Å². The number of hydrogen-bond donors (Lipinski definition) is 0.